The number of nitrogens with zero attached hydrogens (tertiary/aromatic N) is 4. The van der Waals surface area contributed by atoms with Crippen LogP contribution in [-0.2, 0) is 13.5 Å². The maximum Gasteiger partial charge on any atom is 0.150 e. The molecule has 0 unspecified atom stereocenters. The number of anilines is 2. The summed E-state index contributed by atoms with van der Waals surface area (Å²) in [5.41, 5.74) is 8.05. The van der Waals surface area contributed by atoms with Gasteiger partial charge in [-0.2, -0.15) is 5.10 Å². The zero-order valence-electron chi connectivity index (χ0n) is 11.1. The van der Waals surface area contributed by atoms with Gasteiger partial charge in [0.15, 0.2) is 0 Å². The first-order valence-corrected chi connectivity index (χ1v) is 6.46. The van der Waals surface area contributed by atoms with E-state index in [2.05, 4.69) is 28.7 Å². The van der Waals surface area contributed by atoms with Crippen molar-refractivity contribution in [3.8, 4) is 0 Å². The molecule has 0 saturated carbocycles. The number of likely N-dealkylation sites (N-methyl/N-ethyl adjacent to an activating group) is 1. The minimum atomic E-state index is 0.861. The Balaban J connectivity index is 2.15. The largest absolute Gasteiger partial charge is 0.394 e. The van der Waals surface area contributed by atoms with E-state index in [9.17, 15) is 0 Å². The molecule has 0 radical (unpaired) electrons. The lowest BCUT2D eigenvalue weighted by Gasteiger charge is -2.35. The van der Waals surface area contributed by atoms with Crippen LogP contribution in [0.3, 0.4) is 0 Å². The van der Waals surface area contributed by atoms with Crippen molar-refractivity contribution in [1.82, 2.24) is 14.7 Å². The zero-order chi connectivity index (χ0) is 12.4. The zero-order valence-corrected chi connectivity index (χ0v) is 11.1. The number of nitrogen functional groups attached to an aromatic ring is 1. The molecule has 5 heteroatoms. The van der Waals surface area contributed by atoms with Gasteiger partial charge in [0.2, 0.25) is 0 Å². The van der Waals surface area contributed by atoms with Gasteiger partial charge in [-0.05, 0) is 13.0 Å². The van der Waals surface area contributed by atoms with E-state index in [0.29, 0.717) is 0 Å². The highest BCUT2D eigenvalue weighted by molar-refractivity contribution is 5.66. The van der Waals surface area contributed by atoms with Crippen molar-refractivity contribution in [2.75, 3.05) is 43.4 Å². The van der Waals surface area contributed by atoms with E-state index in [1.165, 1.54) is 0 Å². The highest BCUT2D eigenvalue weighted by Gasteiger charge is 2.22. The Morgan fingerprint density at radius 1 is 1.18 bits per heavy atom. The summed E-state index contributed by atoms with van der Waals surface area (Å²) in [6, 6.07) is 0. The second-order valence-corrected chi connectivity index (χ2v) is 4.58. The minimum absolute atomic E-state index is 0.861. The van der Waals surface area contributed by atoms with Crippen LogP contribution in [0, 0.1) is 0 Å². The van der Waals surface area contributed by atoms with Crippen LogP contribution in [-0.4, -0.2) is 47.4 Å². The molecule has 0 aliphatic carbocycles. The Morgan fingerprint density at radius 2 is 1.82 bits per heavy atom. The molecule has 0 spiro atoms. The van der Waals surface area contributed by atoms with Crippen molar-refractivity contribution in [2.24, 2.45) is 7.05 Å². The molecule has 1 saturated heterocycles. The number of aromatic nitrogens is 2. The summed E-state index contributed by atoms with van der Waals surface area (Å²) in [6.45, 7) is 9.75. The number of aryl methyl sites for hydroxylation is 2. The lowest BCUT2D eigenvalue weighted by Crippen LogP contribution is -2.47. The highest BCUT2D eigenvalue weighted by atomic mass is 15.4. The van der Waals surface area contributed by atoms with E-state index >= 15 is 0 Å². The summed E-state index contributed by atoms with van der Waals surface area (Å²) >= 11 is 0. The van der Waals surface area contributed by atoms with Crippen molar-refractivity contribution in [3.05, 3.63) is 5.69 Å². The Bertz CT molecular complexity index is 376. The van der Waals surface area contributed by atoms with Crippen LogP contribution in [0.5, 0.6) is 0 Å². The number of rotatable bonds is 3. The van der Waals surface area contributed by atoms with Crippen LogP contribution in [0.4, 0.5) is 11.5 Å². The van der Waals surface area contributed by atoms with E-state index in [1.54, 1.807) is 0 Å². The average molecular weight is 237 g/mol. The van der Waals surface area contributed by atoms with Crippen LogP contribution in [0.1, 0.15) is 19.5 Å². The van der Waals surface area contributed by atoms with Gasteiger partial charge in [0, 0.05) is 33.2 Å². The molecule has 0 amide bonds. The van der Waals surface area contributed by atoms with E-state index in [-0.39, 0.29) is 0 Å². The maximum absolute atomic E-state index is 6.17. The third-order valence-corrected chi connectivity index (χ3v) is 3.58. The fourth-order valence-corrected chi connectivity index (χ4v) is 2.50. The SMILES string of the molecule is CCc1nn(C)c(N2CCN(CC)CC2)c1N. The summed E-state index contributed by atoms with van der Waals surface area (Å²) in [5.74, 6) is 1.10. The Labute approximate surface area is 103 Å². The van der Waals surface area contributed by atoms with Gasteiger partial charge in [-0.3, -0.25) is 4.68 Å². The van der Waals surface area contributed by atoms with E-state index < -0.39 is 0 Å². The molecule has 96 valence electrons. The van der Waals surface area contributed by atoms with Gasteiger partial charge in [0.05, 0.1) is 11.4 Å². The molecular weight excluding hydrogens is 214 g/mol. The monoisotopic (exact) mass is 237 g/mol. The maximum atomic E-state index is 6.17. The Hall–Kier alpha value is -1.23. The van der Waals surface area contributed by atoms with Crippen LogP contribution in [0.15, 0.2) is 0 Å². The second-order valence-electron chi connectivity index (χ2n) is 4.58. The van der Waals surface area contributed by atoms with Gasteiger partial charge in [-0.1, -0.05) is 13.8 Å². The fraction of sp³-hybridized carbons (Fsp3) is 0.750. The molecule has 1 fully saturated rings. The quantitative estimate of drug-likeness (QED) is 0.841. The van der Waals surface area contributed by atoms with Crippen molar-refractivity contribution in [1.29, 1.82) is 0 Å². The molecule has 2 N–H and O–H groups in total. The topological polar surface area (TPSA) is 50.3 Å². The van der Waals surface area contributed by atoms with Crippen LogP contribution in [0.2, 0.25) is 0 Å². The average Bonchev–Trinajstić information content (AvgIpc) is 2.64. The normalized spacial score (nSPS) is 17.7. The lowest BCUT2D eigenvalue weighted by molar-refractivity contribution is 0.270. The van der Waals surface area contributed by atoms with E-state index in [0.717, 1.165) is 56.3 Å². The number of hydrogen-bond donors (Lipinski definition) is 1. The van der Waals surface area contributed by atoms with Crippen LogP contribution < -0.4 is 10.6 Å². The molecular formula is C12H23N5. The summed E-state index contributed by atoms with van der Waals surface area (Å²) in [5, 5.41) is 4.48. The Kier molecular flexibility index (Phi) is 3.57. The van der Waals surface area contributed by atoms with Crippen molar-refractivity contribution in [3.63, 3.8) is 0 Å². The minimum Gasteiger partial charge on any atom is -0.394 e. The molecule has 2 rings (SSSR count). The van der Waals surface area contributed by atoms with E-state index in [4.69, 9.17) is 5.73 Å². The molecule has 17 heavy (non-hydrogen) atoms. The second kappa shape index (κ2) is 4.96. The van der Waals surface area contributed by atoms with Crippen LogP contribution in [0.25, 0.3) is 0 Å². The molecule has 1 aliphatic rings. The van der Waals surface area contributed by atoms with Gasteiger partial charge in [-0.15, -0.1) is 0 Å². The molecule has 1 aliphatic heterocycles. The third kappa shape index (κ3) is 2.24. The molecule has 0 aromatic carbocycles. The molecule has 1 aromatic rings. The highest BCUT2D eigenvalue weighted by Crippen LogP contribution is 2.27. The van der Waals surface area contributed by atoms with Crippen molar-refractivity contribution in [2.45, 2.75) is 20.3 Å². The molecule has 0 atom stereocenters. The molecule has 5 nitrogen and oxygen atoms in total. The van der Waals surface area contributed by atoms with Gasteiger partial charge in [0.1, 0.15) is 5.82 Å². The summed E-state index contributed by atoms with van der Waals surface area (Å²) in [7, 11) is 1.98. The predicted molar refractivity (Wildman–Crippen MR) is 71.3 cm³/mol. The van der Waals surface area contributed by atoms with Gasteiger partial charge in [-0.25, -0.2) is 0 Å². The van der Waals surface area contributed by atoms with Crippen LogP contribution >= 0.6 is 0 Å². The fourth-order valence-electron chi connectivity index (χ4n) is 2.50. The standard InChI is InChI=1S/C12H23N5/c1-4-10-11(13)12(15(3)14-10)17-8-6-16(5-2)7-9-17/h4-9,13H2,1-3H3. The summed E-state index contributed by atoms with van der Waals surface area (Å²) < 4.78 is 1.93. The van der Waals surface area contributed by atoms with Gasteiger partial charge in [0.25, 0.3) is 0 Å². The first-order valence-electron chi connectivity index (χ1n) is 6.46. The molecule has 2 heterocycles. The number of nitrogens with two attached hydrogens (primary N) is 1. The summed E-state index contributed by atoms with van der Waals surface area (Å²) in [4.78, 5) is 4.82. The molecule has 0 bridgehead atoms. The third-order valence-electron chi connectivity index (χ3n) is 3.58. The number of hydrogen-bond acceptors (Lipinski definition) is 4. The van der Waals surface area contributed by atoms with Crippen molar-refractivity contribution >= 4 is 11.5 Å². The predicted octanol–water partition coefficient (Wildman–Crippen LogP) is 0.707. The lowest BCUT2D eigenvalue weighted by atomic mass is 10.2. The summed E-state index contributed by atoms with van der Waals surface area (Å²) in [6.07, 6.45) is 0.897. The van der Waals surface area contributed by atoms with Crippen molar-refractivity contribution < 1.29 is 0 Å². The molecule has 1 aromatic heterocycles. The Morgan fingerprint density at radius 3 is 2.29 bits per heavy atom. The van der Waals surface area contributed by atoms with Gasteiger partial charge < -0.3 is 15.5 Å². The van der Waals surface area contributed by atoms with E-state index in [1.807, 2.05) is 11.7 Å². The first-order chi connectivity index (χ1) is 8.17. The van der Waals surface area contributed by atoms with Gasteiger partial charge >= 0.3 is 0 Å². The smallest absolute Gasteiger partial charge is 0.150 e. The number of piperazine rings is 1. The first kappa shape index (κ1) is 12.2.